The Morgan fingerprint density at radius 1 is 1.42 bits per heavy atom. The van der Waals surface area contributed by atoms with Crippen LogP contribution in [0.4, 0.5) is 0 Å². The van der Waals surface area contributed by atoms with Crippen molar-refractivity contribution in [2.75, 3.05) is 33.4 Å². The minimum Gasteiger partial charge on any atom is -0.383 e. The molecule has 0 aromatic rings. The fourth-order valence-electron chi connectivity index (χ4n) is 1.40. The van der Waals surface area contributed by atoms with Crippen LogP contribution in [0.2, 0.25) is 0 Å². The molecule has 1 aliphatic heterocycles. The van der Waals surface area contributed by atoms with Crippen molar-refractivity contribution >= 4 is 12.4 Å². The highest BCUT2D eigenvalue weighted by Gasteiger charge is 2.14. The maximum Gasteiger partial charge on any atom is 0.0589 e. The van der Waals surface area contributed by atoms with Gasteiger partial charge in [0.25, 0.3) is 0 Å². The third-order valence-corrected chi connectivity index (χ3v) is 2.24. The van der Waals surface area contributed by atoms with Crippen molar-refractivity contribution in [1.82, 2.24) is 4.90 Å². The van der Waals surface area contributed by atoms with Crippen LogP contribution in [-0.2, 0) is 4.74 Å². The summed E-state index contributed by atoms with van der Waals surface area (Å²) in [7, 11) is 1.75. The summed E-state index contributed by atoms with van der Waals surface area (Å²) in [4.78, 5) is 2.41. The van der Waals surface area contributed by atoms with Crippen LogP contribution in [0, 0.1) is 0 Å². The Bertz CT molecular complexity index is 102. The van der Waals surface area contributed by atoms with E-state index < -0.39 is 0 Å². The molecule has 0 aromatic heterocycles. The second-order valence-corrected chi connectivity index (χ2v) is 3.17. The number of nitrogens with two attached hydrogens (primary N) is 1. The summed E-state index contributed by atoms with van der Waals surface area (Å²) in [6.45, 7) is 4.19. The Labute approximate surface area is 80.7 Å². The second-order valence-electron chi connectivity index (χ2n) is 3.17. The van der Waals surface area contributed by atoms with Crippen molar-refractivity contribution in [3.63, 3.8) is 0 Å². The number of likely N-dealkylation sites (tertiary alicyclic amines) is 1. The Kier molecular flexibility index (Phi) is 6.76. The van der Waals surface area contributed by atoms with E-state index in [9.17, 15) is 0 Å². The van der Waals surface area contributed by atoms with Gasteiger partial charge in [0.2, 0.25) is 0 Å². The van der Waals surface area contributed by atoms with E-state index in [0.29, 0.717) is 6.04 Å². The van der Waals surface area contributed by atoms with Crippen LogP contribution in [0.15, 0.2) is 0 Å². The molecule has 12 heavy (non-hydrogen) atoms. The SMILES string of the molecule is COCCN1CCC(N)CC1.Cl. The van der Waals surface area contributed by atoms with Crippen molar-refractivity contribution in [3.8, 4) is 0 Å². The highest BCUT2D eigenvalue weighted by atomic mass is 35.5. The van der Waals surface area contributed by atoms with Crippen molar-refractivity contribution in [2.45, 2.75) is 18.9 Å². The third kappa shape index (κ3) is 4.26. The molecule has 0 saturated carbocycles. The number of hydrogen-bond donors (Lipinski definition) is 1. The molecule has 2 N–H and O–H groups in total. The first-order valence-electron chi connectivity index (χ1n) is 4.30. The first-order chi connectivity index (χ1) is 5.33. The van der Waals surface area contributed by atoms with E-state index >= 15 is 0 Å². The maximum atomic E-state index is 5.77. The molecule has 1 saturated heterocycles. The van der Waals surface area contributed by atoms with Gasteiger partial charge in [0.15, 0.2) is 0 Å². The molecule has 1 rings (SSSR count). The van der Waals surface area contributed by atoms with Crippen LogP contribution in [0.3, 0.4) is 0 Å². The van der Waals surface area contributed by atoms with Crippen molar-refractivity contribution in [1.29, 1.82) is 0 Å². The number of ether oxygens (including phenoxy) is 1. The van der Waals surface area contributed by atoms with Gasteiger partial charge < -0.3 is 15.4 Å². The summed E-state index contributed by atoms with van der Waals surface area (Å²) in [5.74, 6) is 0. The van der Waals surface area contributed by atoms with Crippen LogP contribution in [0.5, 0.6) is 0 Å². The molecular formula is C8H19ClN2O. The van der Waals surface area contributed by atoms with Crippen LogP contribution >= 0.6 is 12.4 Å². The molecule has 74 valence electrons. The van der Waals surface area contributed by atoms with Gasteiger partial charge in [-0.05, 0) is 25.9 Å². The fourth-order valence-corrected chi connectivity index (χ4v) is 1.40. The molecule has 1 heterocycles. The largest absolute Gasteiger partial charge is 0.383 e. The van der Waals surface area contributed by atoms with Gasteiger partial charge >= 0.3 is 0 Å². The highest BCUT2D eigenvalue weighted by Crippen LogP contribution is 2.06. The first-order valence-corrected chi connectivity index (χ1v) is 4.30. The van der Waals surface area contributed by atoms with Crippen LogP contribution in [0.1, 0.15) is 12.8 Å². The molecule has 0 bridgehead atoms. The molecule has 1 fully saturated rings. The summed E-state index contributed by atoms with van der Waals surface area (Å²) in [6.07, 6.45) is 2.29. The summed E-state index contributed by atoms with van der Waals surface area (Å²) >= 11 is 0. The van der Waals surface area contributed by atoms with Crippen molar-refractivity contribution < 1.29 is 4.74 Å². The quantitative estimate of drug-likeness (QED) is 0.711. The lowest BCUT2D eigenvalue weighted by molar-refractivity contribution is 0.130. The highest BCUT2D eigenvalue weighted by molar-refractivity contribution is 5.85. The zero-order valence-corrected chi connectivity index (χ0v) is 8.48. The summed E-state index contributed by atoms with van der Waals surface area (Å²) in [5.41, 5.74) is 5.77. The average molecular weight is 195 g/mol. The van der Waals surface area contributed by atoms with Gasteiger partial charge in [-0.15, -0.1) is 12.4 Å². The van der Waals surface area contributed by atoms with Gasteiger partial charge in [0, 0.05) is 19.7 Å². The van der Waals surface area contributed by atoms with Crippen LogP contribution < -0.4 is 5.73 Å². The van der Waals surface area contributed by atoms with E-state index in [1.165, 1.54) is 0 Å². The fraction of sp³-hybridized carbons (Fsp3) is 1.00. The lowest BCUT2D eigenvalue weighted by atomic mass is 10.1. The molecule has 0 spiro atoms. The number of methoxy groups -OCH3 is 1. The molecule has 0 atom stereocenters. The van der Waals surface area contributed by atoms with Gasteiger partial charge in [-0.2, -0.15) is 0 Å². The zero-order chi connectivity index (χ0) is 8.10. The van der Waals surface area contributed by atoms with Gasteiger partial charge in [-0.25, -0.2) is 0 Å². The molecule has 0 amide bonds. The van der Waals surface area contributed by atoms with E-state index in [1.807, 2.05) is 0 Å². The second kappa shape index (κ2) is 6.66. The van der Waals surface area contributed by atoms with Crippen LogP contribution in [-0.4, -0.2) is 44.3 Å². The van der Waals surface area contributed by atoms with Crippen molar-refractivity contribution in [2.24, 2.45) is 5.73 Å². The standard InChI is InChI=1S/C8H18N2O.ClH/c1-11-7-6-10-4-2-8(9)3-5-10;/h8H,2-7,9H2,1H3;1H. The summed E-state index contributed by atoms with van der Waals surface area (Å²) in [6, 6.07) is 0.439. The molecule has 0 aliphatic carbocycles. The Morgan fingerprint density at radius 2 is 2.00 bits per heavy atom. The number of hydrogen-bond acceptors (Lipinski definition) is 3. The third-order valence-electron chi connectivity index (χ3n) is 2.24. The minimum atomic E-state index is 0. The zero-order valence-electron chi connectivity index (χ0n) is 7.66. The van der Waals surface area contributed by atoms with Gasteiger partial charge in [0.05, 0.1) is 6.61 Å². The van der Waals surface area contributed by atoms with E-state index in [2.05, 4.69) is 4.90 Å². The summed E-state index contributed by atoms with van der Waals surface area (Å²) in [5, 5.41) is 0. The van der Waals surface area contributed by atoms with E-state index in [1.54, 1.807) is 7.11 Å². The number of halogens is 1. The number of nitrogens with zero attached hydrogens (tertiary/aromatic N) is 1. The molecule has 4 heteroatoms. The van der Waals surface area contributed by atoms with Gasteiger partial charge in [0.1, 0.15) is 0 Å². The monoisotopic (exact) mass is 194 g/mol. The van der Waals surface area contributed by atoms with E-state index in [-0.39, 0.29) is 12.4 Å². The maximum absolute atomic E-state index is 5.77. The lowest BCUT2D eigenvalue weighted by Crippen LogP contribution is -2.40. The Hall–Kier alpha value is 0.170. The molecule has 0 unspecified atom stereocenters. The normalized spacial score (nSPS) is 20.5. The topological polar surface area (TPSA) is 38.5 Å². The van der Waals surface area contributed by atoms with Crippen molar-refractivity contribution in [3.05, 3.63) is 0 Å². The summed E-state index contributed by atoms with van der Waals surface area (Å²) < 4.78 is 5.00. The Balaban J connectivity index is 0.00000121. The molecule has 3 nitrogen and oxygen atoms in total. The Morgan fingerprint density at radius 3 is 2.50 bits per heavy atom. The number of rotatable bonds is 3. The molecule has 1 aliphatic rings. The molecular weight excluding hydrogens is 176 g/mol. The van der Waals surface area contributed by atoms with E-state index in [4.69, 9.17) is 10.5 Å². The van der Waals surface area contributed by atoms with Crippen LogP contribution in [0.25, 0.3) is 0 Å². The predicted octanol–water partition coefficient (Wildman–Crippen LogP) is 0.478. The molecule has 0 radical (unpaired) electrons. The minimum absolute atomic E-state index is 0. The smallest absolute Gasteiger partial charge is 0.0589 e. The van der Waals surface area contributed by atoms with Gasteiger partial charge in [-0.3, -0.25) is 0 Å². The van der Waals surface area contributed by atoms with Gasteiger partial charge in [-0.1, -0.05) is 0 Å². The lowest BCUT2D eigenvalue weighted by Gasteiger charge is -2.29. The number of piperidine rings is 1. The average Bonchev–Trinajstić information content (AvgIpc) is 2.04. The van der Waals surface area contributed by atoms with E-state index in [0.717, 1.165) is 39.1 Å². The molecule has 0 aromatic carbocycles. The first kappa shape index (κ1) is 12.2. The predicted molar refractivity (Wildman–Crippen MR) is 52.8 cm³/mol.